The zero-order chi connectivity index (χ0) is 31.0. The zero-order valence-electron chi connectivity index (χ0n) is 24.1. The SMILES string of the molecule is COCP(=O)(NC(C)(C(=O)O)C(C)C)Oc1cc(O)c([C@@H]2CCN(C)C[C@@H]2O)c2oc(-c3ccccc3Cl)cc(=O)c12. The Morgan fingerprint density at radius 3 is 2.60 bits per heavy atom. The van der Waals surface area contributed by atoms with Gasteiger partial charge in [0.25, 0.3) is 0 Å². The van der Waals surface area contributed by atoms with E-state index >= 15 is 0 Å². The third-order valence-electron chi connectivity index (χ3n) is 7.82. The highest BCUT2D eigenvalue weighted by Crippen LogP contribution is 2.50. The van der Waals surface area contributed by atoms with Gasteiger partial charge in [-0.25, -0.2) is 5.09 Å². The number of carboxylic acids is 1. The number of likely N-dealkylation sites (N-methyl/N-ethyl adjacent to an activating group) is 1. The van der Waals surface area contributed by atoms with Gasteiger partial charge >= 0.3 is 13.5 Å². The highest BCUT2D eigenvalue weighted by atomic mass is 35.5. The monoisotopic (exact) mass is 622 g/mol. The summed E-state index contributed by atoms with van der Waals surface area (Å²) in [5, 5.41) is 35.1. The first-order valence-electron chi connectivity index (χ1n) is 13.5. The number of piperidine rings is 1. The quantitative estimate of drug-likeness (QED) is 0.229. The van der Waals surface area contributed by atoms with Crippen LogP contribution in [0.1, 0.15) is 38.7 Å². The third kappa shape index (κ3) is 6.22. The fourth-order valence-corrected chi connectivity index (χ4v) is 7.40. The largest absolute Gasteiger partial charge is 0.507 e. The molecular formula is C29H36ClN2O9P. The summed E-state index contributed by atoms with van der Waals surface area (Å²) < 4.78 is 31.4. The van der Waals surface area contributed by atoms with Gasteiger partial charge in [0, 0.05) is 42.8 Å². The topological polar surface area (TPSA) is 159 Å². The molecular weight excluding hydrogens is 587 g/mol. The maximum Gasteiger partial charge on any atom is 0.342 e. The summed E-state index contributed by atoms with van der Waals surface area (Å²) in [7, 11) is -1.04. The Bertz CT molecular complexity index is 1590. The number of methoxy groups -OCH3 is 1. The average Bonchev–Trinajstić information content (AvgIpc) is 2.89. The number of nitrogens with one attached hydrogen (secondary N) is 1. The van der Waals surface area contributed by atoms with Crippen LogP contribution in [0.3, 0.4) is 0 Å². The van der Waals surface area contributed by atoms with E-state index in [4.69, 9.17) is 25.3 Å². The Kier molecular flexibility index (Phi) is 9.42. The van der Waals surface area contributed by atoms with Crippen molar-refractivity contribution in [3.63, 3.8) is 0 Å². The smallest absolute Gasteiger partial charge is 0.342 e. The van der Waals surface area contributed by atoms with Crippen molar-refractivity contribution in [2.45, 2.75) is 44.8 Å². The molecule has 13 heteroatoms. The van der Waals surface area contributed by atoms with Gasteiger partial charge in [-0.15, -0.1) is 0 Å². The molecule has 2 unspecified atom stereocenters. The minimum absolute atomic E-state index is 0.0603. The molecule has 42 heavy (non-hydrogen) atoms. The Hall–Kier alpha value is -2.92. The van der Waals surface area contributed by atoms with Crippen LogP contribution < -0.4 is 15.0 Å². The molecule has 0 radical (unpaired) electrons. The van der Waals surface area contributed by atoms with Crippen LogP contribution in [-0.4, -0.2) is 71.4 Å². The van der Waals surface area contributed by atoms with E-state index in [1.54, 1.807) is 38.1 Å². The summed E-state index contributed by atoms with van der Waals surface area (Å²) in [5.74, 6) is -2.90. The van der Waals surface area contributed by atoms with Crippen molar-refractivity contribution >= 4 is 36.1 Å². The molecule has 228 valence electrons. The molecule has 1 aliphatic rings. The minimum Gasteiger partial charge on any atom is -0.507 e. The number of hydrogen-bond donors (Lipinski definition) is 4. The zero-order valence-corrected chi connectivity index (χ0v) is 25.7. The molecule has 3 aromatic rings. The third-order valence-corrected chi connectivity index (χ3v) is 10.0. The molecule has 2 aromatic carbocycles. The van der Waals surface area contributed by atoms with Crippen LogP contribution in [-0.2, 0) is 14.1 Å². The first-order chi connectivity index (χ1) is 19.7. The lowest BCUT2D eigenvalue weighted by molar-refractivity contribution is -0.145. The predicted octanol–water partition coefficient (Wildman–Crippen LogP) is 4.86. The first-order valence-corrected chi connectivity index (χ1v) is 15.6. The molecule has 2 heterocycles. The van der Waals surface area contributed by atoms with Gasteiger partial charge in [-0.05, 0) is 45.0 Å². The molecule has 0 spiro atoms. The van der Waals surface area contributed by atoms with Crippen molar-refractivity contribution in [1.29, 1.82) is 0 Å². The number of phenols is 1. The Morgan fingerprint density at radius 1 is 1.31 bits per heavy atom. The standard InChI is InChI=1S/C29H36ClN2O9P/c1-16(2)29(3,28(36)37)31-42(38,15-39-5)41-24-13-20(33)25(18-10-11-32(4)14-22(18)35)27-26(24)21(34)12-23(40-27)17-8-6-7-9-19(17)30/h6-9,12-13,16,18,22,33,35H,10-11,14-15H2,1-5H3,(H,31,38)(H,36,37)/t18-,22+,29?,42?/m1/s1. The number of aliphatic carboxylic acids is 1. The molecule has 0 amide bonds. The number of nitrogens with zero attached hydrogens (tertiary/aromatic N) is 1. The number of halogens is 1. The van der Waals surface area contributed by atoms with Crippen molar-refractivity contribution in [3.8, 4) is 22.8 Å². The van der Waals surface area contributed by atoms with Crippen LogP contribution in [0.15, 0.2) is 45.6 Å². The van der Waals surface area contributed by atoms with E-state index in [1.807, 2.05) is 11.9 Å². The summed E-state index contributed by atoms with van der Waals surface area (Å²) in [5.41, 5.74) is -1.70. The van der Waals surface area contributed by atoms with Crippen molar-refractivity contribution in [1.82, 2.24) is 9.99 Å². The molecule has 4 N–H and O–H groups in total. The van der Waals surface area contributed by atoms with Gasteiger partial charge in [-0.1, -0.05) is 37.6 Å². The Balaban J connectivity index is 1.97. The van der Waals surface area contributed by atoms with E-state index in [0.717, 1.165) is 6.07 Å². The predicted molar refractivity (Wildman–Crippen MR) is 160 cm³/mol. The van der Waals surface area contributed by atoms with Crippen LogP contribution in [0.5, 0.6) is 11.5 Å². The molecule has 1 aromatic heterocycles. The van der Waals surface area contributed by atoms with E-state index < -0.39 is 48.7 Å². The first kappa shape index (κ1) is 32.0. The van der Waals surface area contributed by atoms with Gasteiger partial charge in [-0.2, -0.15) is 0 Å². The van der Waals surface area contributed by atoms with Crippen molar-refractivity contribution < 1.29 is 38.4 Å². The maximum atomic E-state index is 14.1. The lowest BCUT2D eigenvalue weighted by Crippen LogP contribution is -2.52. The number of hydrogen-bond acceptors (Lipinski definition) is 9. The van der Waals surface area contributed by atoms with Gasteiger partial charge in [0.15, 0.2) is 5.43 Å². The van der Waals surface area contributed by atoms with Crippen LogP contribution in [0.25, 0.3) is 22.3 Å². The van der Waals surface area contributed by atoms with Crippen molar-refractivity contribution in [3.05, 3.63) is 57.2 Å². The highest BCUT2D eigenvalue weighted by molar-refractivity contribution is 7.57. The summed E-state index contributed by atoms with van der Waals surface area (Å²) in [6, 6.07) is 9.13. The van der Waals surface area contributed by atoms with Gasteiger partial charge in [0.1, 0.15) is 40.1 Å². The number of rotatable bonds is 10. The van der Waals surface area contributed by atoms with Gasteiger partial charge in [-0.3, -0.25) is 14.2 Å². The molecule has 0 saturated carbocycles. The number of aromatic hydroxyl groups is 1. The van der Waals surface area contributed by atoms with E-state index in [-0.39, 0.29) is 33.8 Å². The summed E-state index contributed by atoms with van der Waals surface area (Å²) in [4.78, 5) is 27.9. The number of ether oxygens (including phenoxy) is 1. The lowest BCUT2D eigenvalue weighted by atomic mass is 9.85. The number of carboxylic acid groups (broad SMARTS) is 1. The minimum atomic E-state index is -4.18. The van der Waals surface area contributed by atoms with Crippen LogP contribution in [0.2, 0.25) is 5.02 Å². The van der Waals surface area contributed by atoms with Crippen molar-refractivity contribution in [2.75, 3.05) is 33.6 Å². The molecule has 4 rings (SSSR count). The second-order valence-corrected chi connectivity index (χ2v) is 13.6. The lowest BCUT2D eigenvalue weighted by Gasteiger charge is -2.35. The molecule has 11 nitrogen and oxygen atoms in total. The van der Waals surface area contributed by atoms with Crippen molar-refractivity contribution in [2.24, 2.45) is 5.92 Å². The fourth-order valence-electron chi connectivity index (χ4n) is 5.15. The number of benzene rings is 2. The van der Waals surface area contributed by atoms with Crippen LogP contribution in [0, 0.1) is 5.92 Å². The number of β-amino-alcohol motifs (C(OH)–C–C–N with tert-alkyl or cyclic N) is 1. The Morgan fingerprint density at radius 2 is 2.00 bits per heavy atom. The number of carbonyl (C=O) groups is 1. The molecule has 1 fully saturated rings. The van der Waals surface area contributed by atoms with E-state index in [0.29, 0.717) is 30.1 Å². The second kappa shape index (κ2) is 12.4. The van der Waals surface area contributed by atoms with Crippen LogP contribution in [0.4, 0.5) is 0 Å². The highest BCUT2D eigenvalue weighted by Gasteiger charge is 2.44. The number of aliphatic hydroxyl groups is 1. The number of likely N-dealkylation sites (tertiary alicyclic amines) is 1. The van der Waals surface area contributed by atoms with E-state index in [9.17, 15) is 29.5 Å². The molecule has 1 aliphatic heterocycles. The maximum absolute atomic E-state index is 14.1. The van der Waals surface area contributed by atoms with E-state index in [1.165, 1.54) is 20.1 Å². The molecule has 4 atom stereocenters. The number of aliphatic hydroxyl groups excluding tert-OH is 1. The summed E-state index contributed by atoms with van der Waals surface area (Å²) in [6.45, 7) is 5.60. The van der Waals surface area contributed by atoms with Gasteiger partial charge in [0.2, 0.25) is 0 Å². The second-order valence-electron chi connectivity index (χ2n) is 11.1. The molecule has 0 bridgehead atoms. The summed E-state index contributed by atoms with van der Waals surface area (Å²) >= 11 is 6.40. The number of phenolic OH excluding ortho intramolecular Hbond substituents is 1. The normalized spacial score (nSPS) is 20.8. The summed E-state index contributed by atoms with van der Waals surface area (Å²) in [6.07, 6.45) is -0.971. The van der Waals surface area contributed by atoms with Gasteiger partial charge < -0.3 is 33.9 Å². The van der Waals surface area contributed by atoms with Crippen LogP contribution >= 0.6 is 19.1 Å². The molecule has 1 saturated heterocycles. The van der Waals surface area contributed by atoms with Gasteiger partial charge in [0.05, 0.1) is 11.1 Å². The molecule has 0 aliphatic carbocycles. The van der Waals surface area contributed by atoms with E-state index in [2.05, 4.69) is 5.09 Å². The average molecular weight is 623 g/mol. The number of fused-ring (bicyclic) bond motifs is 1. The Labute approximate surface area is 248 Å². The fraction of sp³-hybridized carbons (Fsp3) is 0.448.